The normalized spacial score (nSPS) is 12.2. The molecule has 1 unspecified atom stereocenters. The fourth-order valence-corrected chi connectivity index (χ4v) is 2.62. The van der Waals surface area contributed by atoms with Crippen LogP contribution in [0.15, 0.2) is 42.5 Å². The lowest BCUT2D eigenvalue weighted by molar-refractivity contribution is 0.270. The van der Waals surface area contributed by atoms with Crippen LogP contribution in [0.5, 0.6) is 5.75 Å². The highest BCUT2D eigenvalue weighted by atomic mass is 35.5. The van der Waals surface area contributed by atoms with Crippen LogP contribution in [0.25, 0.3) is 0 Å². The average molecular weight is 345 g/mol. The molecule has 2 nitrogen and oxygen atoms in total. The van der Waals surface area contributed by atoms with Gasteiger partial charge in [-0.3, -0.25) is 0 Å². The smallest absolute Gasteiger partial charge is 0.120 e. The zero-order chi connectivity index (χ0) is 15.2. The Kier molecular flexibility index (Phi) is 6.19. The van der Waals surface area contributed by atoms with Gasteiger partial charge in [-0.2, -0.15) is 0 Å². The number of hydrogen-bond donors (Lipinski definition) is 1. The molecule has 1 atom stereocenters. The number of halogens is 3. The maximum absolute atomic E-state index is 6.20. The van der Waals surface area contributed by atoms with Crippen LogP contribution in [0, 0.1) is 0 Å². The molecular formula is C16H16Cl3NO. The number of likely N-dealkylation sites (N-methyl/N-ethyl adjacent to an activating group) is 1. The van der Waals surface area contributed by atoms with Crippen molar-refractivity contribution in [2.24, 2.45) is 0 Å². The Morgan fingerprint density at radius 2 is 1.81 bits per heavy atom. The quantitative estimate of drug-likeness (QED) is 0.808. The van der Waals surface area contributed by atoms with Crippen LogP contribution in [-0.2, 0) is 6.42 Å². The summed E-state index contributed by atoms with van der Waals surface area (Å²) in [6.07, 6.45) is 0.757. The summed E-state index contributed by atoms with van der Waals surface area (Å²) in [4.78, 5) is 0. The summed E-state index contributed by atoms with van der Waals surface area (Å²) in [5, 5.41) is 5.20. The highest BCUT2D eigenvalue weighted by Gasteiger charge is 2.11. The first kappa shape index (κ1) is 16.4. The maximum atomic E-state index is 6.20. The van der Waals surface area contributed by atoms with Crippen LogP contribution in [-0.4, -0.2) is 19.7 Å². The molecule has 0 aromatic heterocycles. The molecule has 0 heterocycles. The number of ether oxygens (including phenoxy) is 1. The van der Waals surface area contributed by atoms with Gasteiger partial charge in [-0.25, -0.2) is 0 Å². The lowest BCUT2D eigenvalue weighted by atomic mass is 10.1. The van der Waals surface area contributed by atoms with Gasteiger partial charge in [-0.15, -0.1) is 0 Å². The first-order chi connectivity index (χ1) is 10.1. The van der Waals surface area contributed by atoms with Crippen LogP contribution in [0.2, 0.25) is 15.1 Å². The van der Waals surface area contributed by atoms with Crippen molar-refractivity contribution in [3.63, 3.8) is 0 Å². The Bertz CT molecular complexity index is 604. The van der Waals surface area contributed by atoms with Gasteiger partial charge in [0.15, 0.2) is 0 Å². The molecule has 0 saturated heterocycles. The summed E-state index contributed by atoms with van der Waals surface area (Å²) in [6, 6.07) is 13.0. The van der Waals surface area contributed by atoms with E-state index in [1.807, 2.05) is 37.4 Å². The predicted molar refractivity (Wildman–Crippen MR) is 90.0 cm³/mol. The molecule has 0 saturated carbocycles. The lowest BCUT2D eigenvalue weighted by Gasteiger charge is -2.18. The van der Waals surface area contributed by atoms with Gasteiger partial charge in [0.2, 0.25) is 0 Å². The SMILES string of the molecule is CNC(COc1cccc(Cl)c1)Cc1ccc(Cl)cc1Cl. The average Bonchev–Trinajstić information content (AvgIpc) is 2.45. The van der Waals surface area contributed by atoms with Crippen molar-refractivity contribution in [2.75, 3.05) is 13.7 Å². The van der Waals surface area contributed by atoms with E-state index in [0.717, 1.165) is 17.7 Å². The van der Waals surface area contributed by atoms with Crippen LogP contribution in [0.4, 0.5) is 0 Å². The van der Waals surface area contributed by atoms with E-state index >= 15 is 0 Å². The third-order valence-electron chi connectivity index (χ3n) is 3.14. The zero-order valence-electron chi connectivity index (χ0n) is 11.6. The lowest BCUT2D eigenvalue weighted by Crippen LogP contribution is -2.33. The number of rotatable bonds is 6. The summed E-state index contributed by atoms with van der Waals surface area (Å²) in [6.45, 7) is 0.524. The van der Waals surface area contributed by atoms with E-state index in [-0.39, 0.29) is 6.04 Å². The molecule has 0 aliphatic heterocycles. The Hall–Kier alpha value is -0.930. The van der Waals surface area contributed by atoms with Crippen molar-refractivity contribution >= 4 is 34.8 Å². The molecule has 0 aliphatic carbocycles. The molecule has 2 aromatic rings. The number of benzene rings is 2. The summed E-state index contributed by atoms with van der Waals surface area (Å²) >= 11 is 18.0. The molecule has 21 heavy (non-hydrogen) atoms. The van der Waals surface area contributed by atoms with Crippen molar-refractivity contribution in [3.8, 4) is 5.75 Å². The molecule has 0 bridgehead atoms. The van der Waals surface area contributed by atoms with Crippen molar-refractivity contribution in [1.82, 2.24) is 5.32 Å². The predicted octanol–water partition coefficient (Wildman–Crippen LogP) is 4.86. The second-order valence-corrected chi connectivity index (χ2v) is 5.97. The zero-order valence-corrected chi connectivity index (χ0v) is 13.8. The third-order valence-corrected chi connectivity index (χ3v) is 3.96. The van der Waals surface area contributed by atoms with Crippen LogP contribution < -0.4 is 10.1 Å². The molecule has 1 N–H and O–H groups in total. The standard InChI is InChI=1S/C16H16Cl3NO/c1-20-14(7-11-5-6-13(18)9-16(11)19)10-21-15-4-2-3-12(17)8-15/h2-6,8-9,14,20H,7,10H2,1H3. The van der Waals surface area contributed by atoms with E-state index in [1.54, 1.807) is 12.1 Å². The third kappa shape index (κ3) is 5.08. The van der Waals surface area contributed by atoms with E-state index in [0.29, 0.717) is 21.7 Å². The Morgan fingerprint density at radius 1 is 1.05 bits per heavy atom. The van der Waals surface area contributed by atoms with Crippen LogP contribution in [0.3, 0.4) is 0 Å². The van der Waals surface area contributed by atoms with Gasteiger partial charge in [-0.1, -0.05) is 46.9 Å². The van der Waals surface area contributed by atoms with Crippen molar-refractivity contribution in [2.45, 2.75) is 12.5 Å². The molecule has 0 aliphatic rings. The number of hydrogen-bond acceptors (Lipinski definition) is 2. The minimum atomic E-state index is 0.141. The van der Waals surface area contributed by atoms with Crippen molar-refractivity contribution in [3.05, 3.63) is 63.1 Å². The first-order valence-corrected chi connectivity index (χ1v) is 7.71. The molecular weight excluding hydrogens is 329 g/mol. The van der Waals surface area contributed by atoms with Crippen LogP contribution in [0.1, 0.15) is 5.56 Å². The molecule has 0 spiro atoms. The Labute approximate surface area is 140 Å². The topological polar surface area (TPSA) is 21.3 Å². The summed E-state index contributed by atoms with van der Waals surface area (Å²) in [7, 11) is 1.90. The van der Waals surface area contributed by atoms with Gasteiger partial charge in [0, 0.05) is 21.1 Å². The van der Waals surface area contributed by atoms with E-state index in [9.17, 15) is 0 Å². The van der Waals surface area contributed by atoms with Crippen LogP contribution >= 0.6 is 34.8 Å². The first-order valence-electron chi connectivity index (χ1n) is 6.58. The fourth-order valence-electron chi connectivity index (χ4n) is 1.95. The Morgan fingerprint density at radius 3 is 2.48 bits per heavy atom. The molecule has 5 heteroatoms. The summed E-state index contributed by atoms with van der Waals surface area (Å²) in [5.41, 5.74) is 1.04. The van der Waals surface area contributed by atoms with E-state index in [1.165, 1.54) is 0 Å². The monoisotopic (exact) mass is 343 g/mol. The second kappa shape index (κ2) is 7.90. The maximum Gasteiger partial charge on any atom is 0.120 e. The van der Waals surface area contributed by atoms with Gasteiger partial charge < -0.3 is 10.1 Å². The minimum Gasteiger partial charge on any atom is -0.492 e. The van der Waals surface area contributed by atoms with Gasteiger partial charge >= 0.3 is 0 Å². The largest absolute Gasteiger partial charge is 0.492 e. The second-order valence-electron chi connectivity index (χ2n) is 4.69. The molecule has 2 rings (SSSR count). The highest BCUT2D eigenvalue weighted by Crippen LogP contribution is 2.22. The van der Waals surface area contributed by atoms with Gasteiger partial charge in [0.05, 0.1) is 0 Å². The Balaban J connectivity index is 1.97. The van der Waals surface area contributed by atoms with Crippen molar-refractivity contribution < 1.29 is 4.74 Å². The highest BCUT2D eigenvalue weighted by molar-refractivity contribution is 6.35. The van der Waals surface area contributed by atoms with E-state index < -0.39 is 0 Å². The van der Waals surface area contributed by atoms with Gasteiger partial charge in [-0.05, 0) is 49.4 Å². The van der Waals surface area contributed by atoms with Crippen molar-refractivity contribution in [1.29, 1.82) is 0 Å². The van der Waals surface area contributed by atoms with Gasteiger partial charge in [0.25, 0.3) is 0 Å². The molecule has 2 aromatic carbocycles. The summed E-state index contributed by atoms with van der Waals surface area (Å²) < 4.78 is 5.76. The summed E-state index contributed by atoms with van der Waals surface area (Å²) in [5.74, 6) is 0.755. The molecule has 0 radical (unpaired) electrons. The molecule has 0 fully saturated rings. The molecule has 112 valence electrons. The van der Waals surface area contributed by atoms with E-state index in [2.05, 4.69) is 5.32 Å². The number of nitrogens with one attached hydrogen (secondary N) is 1. The fraction of sp³-hybridized carbons (Fsp3) is 0.250. The van der Waals surface area contributed by atoms with Gasteiger partial charge in [0.1, 0.15) is 12.4 Å². The minimum absolute atomic E-state index is 0.141. The molecule has 0 amide bonds. The van der Waals surface area contributed by atoms with E-state index in [4.69, 9.17) is 39.5 Å².